The number of thiazole rings is 1. The molecular formula is C27H26N4O4S. The number of ether oxygens (including phenoxy) is 2. The van der Waals surface area contributed by atoms with E-state index in [0.29, 0.717) is 23.7 Å². The predicted octanol–water partition coefficient (Wildman–Crippen LogP) is 4.95. The van der Waals surface area contributed by atoms with Gasteiger partial charge in [0, 0.05) is 24.6 Å². The lowest BCUT2D eigenvalue weighted by Gasteiger charge is -2.12. The van der Waals surface area contributed by atoms with E-state index in [9.17, 15) is 9.90 Å². The Balaban J connectivity index is 1.19. The summed E-state index contributed by atoms with van der Waals surface area (Å²) in [5.41, 5.74) is 10.4. The number of rotatable bonds is 9. The van der Waals surface area contributed by atoms with Crippen LogP contribution < -0.4 is 20.1 Å². The van der Waals surface area contributed by atoms with Crippen molar-refractivity contribution in [3.8, 4) is 17.4 Å². The van der Waals surface area contributed by atoms with Crippen LogP contribution in [-0.4, -0.2) is 26.7 Å². The van der Waals surface area contributed by atoms with E-state index < -0.39 is 0 Å². The highest BCUT2D eigenvalue weighted by molar-refractivity contribution is 7.09. The van der Waals surface area contributed by atoms with Crippen molar-refractivity contribution in [1.29, 1.82) is 0 Å². The van der Waals surface area contributed by atoms with Crippen LogP contribution in [0, 0.1) is 0 Å². The number of aromatic hydroxyl groups is 1. The second-order valence-corrected chi connectivity index (χ2v) is 9.58. The first kappa shape index (κ1) is 23.5. The molecule has 0 radical (unpaired) electrons. The number of hydrogen-bond acceptors (Lipinski definition) is 7. The van der Waals surface area contributed by atoms with Gasteiger partial charge in [-0.3, -0.25) is 9.78 Å². The quantitative estimate of drug-likeness (QED) is 0.211. The molecule has 8 nitrogen and oxygen atoms in total. The van der Waals surface area contributed by atoms with Crippen molar-refractivity contribution < 1.29 is 14.6 Å². The van der Waals surface area contributed by atoms with Crippen molar-refractivity contribution in [2.24, 2.45) is 0 Å². The molecule has 9 heteroatoms. The van der Waals surface area contributed by atoms with E-state index in [1.807, 2.05) is 73.7 Å². The Morgan fingerprint density at radius 2 is 1.72 bits per heavy atom. The summed E-state index contributed by atoms with van der Waals surface area (Å²) in [6, 6.07) is 21.2. The molecule has 1 unspecified atom stereocenters. The highest BCUT2D eigenvalue weighted by atomic mass is 32.1. The van der Waals surface area contributed by atoms with Crippen molar-refractivity contribution in [3.63, 3.8) is 0 Å². The van der Waals surface area contributed by atoms with Gasteiger partial charge in [-0.15, -0.1) is 0 Å². The van der Waals surface area contributed by atoms with Gasteiger partial charge in [0.15, 0.2) is 6.10 Å². The summed E-state index contributed by atoms with van der Waals surface area (Å²) in [5.74, 6) is 2.12. The third-order valence-corrected chi connectivity index (χ3v) is 6.67. The van der Waals surface area contributed by atoms with Gasteiger partial charge in [0.25, 0.3) is 0 Å². The molecule has 2 aromatic heterocycles. The summed E-state index contributed by atoms with van der Waals surface area (Å²) in [6.45, 7) is 2.50. The minimum absolute atomic E-state index is 0.0702. The average molecular weight is 503 g/mol. The average Bonchev–Trinajstić information content (AvgIpc) is 3.43. The summed E-state index contributed by atoms with van der Waals surface area (Å²) < 4.78 is 12.0. The lowest BCUT2D eigenvalue weighted by molar-refractivity contribution is 0.218. The number of nitrogens with two attached hydrogens (primary N) is 1. The lowest BCUT2D eigenvalue weighted by atomic mass is 10.1. The molecule has 36 heavy (non-hydrogen) atoms. The number of aromatic nitrogens is 3. The SMILES string of the molecule is CC(Oc1ccc(Cc2sc(=O)[nH]c2O)cc1)c1nc2ccc(OCCc3ccc(N)cc3)cc2[nH]1. The first-order chi connectivity index (χ1) is 17.4. The van der Waals surface area contributed by atoms with Crippen LogP contribution in [0.25, 0.3) is 11.0 Å². The monoisotopic (exact) mass is 502 g/mol. The maximum Gasteiger partial charge on any atom is 0.307 e. The van der Waals surface area contributed by atoms with E-state index in [2.05, 4.69) is 15.0 Å². The van der Waals surface area contributed by atoms with Crippen molar-refractivity contribution in [3.05, 3.63) is 98.2 Å². The van der Waals surface area contributed by atoms with Crippen LogP contribution in [0.15, 0.2) is 71.5 Å². The summed E-state index contributed by atoms with van der Waals surface area (Å²) in [7, 11) is 0. The van der Waals surface area contributed by atoms with Gasteiger partial charge in [0.05, 0.1) is 22.5 Å². The van der Waals surface area contributed by atoms with E-state index in [1.165, 1.54) is 5.56 Å². The highest BCUT2D eigenvalue weighted by Crippen LogP contribution is 2.26. The van der Waals surface area contributed by atoms with E-state index in [-0.39, 0.29) is 16.9 Å². The van der Waals surface area contributed by atoms with Gasteiger partial charge >= 0.3 is 4.87 Å². The highest BCUT2D eigenvalue weighted by Gasteiger charge is 2.14. The Labute approximate surface area is 211 Å². The largest absolute Gasteiger partial charge is 0.494 e. The normalized spacial score (nSPS) is 12.0. The topological polar surface area (TPSA) is 126 Å². The Hall–Kier alpha value is -4.24. The van der Waals surface area contributed by atoms with Crippen LogP contribution in [0.5, 0.6) is 17.4 Å². The molecule has 0 saturated carbocycles. The lowest BCUT2D eigenvalue weighted by Crippen LogP contribution is -2.05. The molecule has 0 spiro atoms. The Morgan fingerprint density at radius 3 is 2.44 bits per heavy atom. The maximum absolute atomic E-state index is 11.4. The van der Waals surface area contributed by atoms with E-state index in [1.54, 1.807) is 0 Å². The molecule has 5 aromatic rings. The molecule has 0 aliphatic carbocycles. The Morgan fingerprint density at radius 1 is 1.00 bits per heavy atom. The van der Waals surface area contributed by atoms with Crippen LogP contribution >= 0.6 is 11.3 Å². The van der Waals surface area contributed by atoms with Gasteiger partial charge in [-0.2, -0.15) is 0 Å². The molecule has 0 aliphatic rings. The van der Waals surface area contributed by atoms with Crippen LogP contribution in [0.1, 0.15) is 34.9 Å². The third-order valence-electron chi connectivity index (χ3n) is 5.80. The molecular weight excluding hydrogens is 476 g/mol. The zero-order chi connectivity index (χ0) is 25.1. The number of H-pyrrole nitrogens is 2. The second kappa shape index (κ2) is 10.2. The molecule has 3 aromatic carbocycles. The van der Waals surface area contributed by atoms with E-state index in [0.717, 1.165) is 51.6 Å². The zero-order valence-corrected chi connectivity index (χ0v) is 20.5. The maximum atomic E-state index is 11.4. The molecule has 0 aliphatic heterocycles. The molecule has 2 heterocycles. The van der Waals surface area contributed by atoms with Gasteiger partial charge in [-0.25, -0.2) is 4.98 Å². The van der Waals surface area contributed by atoms with Gasteiger partial charge < -0.3 is 25.3 Å². The second-order valence-electron chi connectivity index (χ2n) is 8.51. The first-order valence-electron chi connectivity index (χ1n) is 11.6. The summed E-state index contributed by atoms with van der Waals surface area (Å²) in [5, 5.41) is 9.78. The molecule has 5 rings (SSSR count). The fourth-order valence-corrected chi connectivity index (χ4v) is 4.62. The minimum Gasteiger partial charge on any atom is -0.494 e. The Kier molecular flexibility index (Phi) is 6.64. The van der Waals surface area contributed by atoms with Crippen molar-refractivity contribution in [1.82, 2.24) is 15.0 Å². The fourth-order valence-electron chi connectivity index (χ4n) is 3.86. The number of aromatic amines is 2. The molecule has 0 fully saturated rings. The Bertz CT molecular complexity index is 1520. The van der Waals surface area contributed by atoms with Crippen LogP contribution in [0.4, 0.5) is 5.69 Å². The summed E-state index contributed by atoms with van der Waals surface area (Å²) in [4.78, 5) is 22.1. The van der Waals surface area contributed by atoms with Crippen LogP contribution in [0.2, 0.25) is 0 Å². The molecule has 184 valence electrons. The molecule has 5 N–H and O–H groups in total. The molecule has 0 bridgehead atoms. The zero-order valence-electron chi connectivity index (χ0n) is 19.7. The van der Waals surface area contributed by atoms with Crippen LogP contribution in [-0.2, 0) is 12.8 Å². The van der Waals surface area contributed by atoms with Gasteiger partial charge in [0.1, 0.15) is 17.3 Å². The number of nitrogens with zero attached hydrogens (tertiary/aromatic N) is 1. The molecule has 0 saturated heterocycles. The van der Waals surface area contributed by atoms with Gasteiger partial charge in [-0.1, -0.05) is 35.6 Å². The standard InChI is InChI=1S/C27H26N4O4S/c1-16(35-20-8-4-18(5-9-20)14-24-26(32)31-27(33)36-24)25-29-22-11-10-21(15-23(22)30-25)34-13-12-17-2-6-19(28)7-3-17/h2-11,15-16,32H,12-14,28H2,1H3,(H,29,30)(H,31,33). The first-order valence-corrected chi connectivity index (χ1v) is 12.4. The summed E-state index contributed by atoms with van der Waals surface area (Å²) >= 11 is 1.01. The number of nitrogen functional groups attached to an aromatic ring is 1. The number of anilines is 1. The van der Waals surface area contributed by atoms with Crippen LogP contribution in [0.3, 0.4) is 0 Å². The van der Waals surface area contributed by atoms with E-state index in [4.69, 9.17) is 15.2 Å². The minimum atomic E-state index is -0.294. The summed E-state index contributed by atoms with van der Waals surface area (Å²) in [6.07, 6.45) is 0.971. The number of nitrogens with one attached hydrogen (secondary N) is 2. The number of imidazole rings is 1. The van der Waals surface area contributed by atoms with Crippen molar-refractivity contribution >= 4 is 28.1 Å². The fraction of sp³-hybridized carbons (Fsp3) is 0.185. The number of hydrogen-bond donors (Lipinski definition) is 4. The number of fused-ring (bicyclic) bond motifs is 1. The molecule has 0 amide bonds. The van der Waals surface area contributed by atoms with Gasteiger partial charge in [-0.05, 0) is 54.4 Å². The van der Waals surface area contributed by atoms with E-state index >= 15 is 0 Å². The van der Waals surface area contributed by atoms with Crippen molar-refractivity contribution in [2.75, 3.05) is 12.3 Å². The smallest absolute Gasteiger partial charge is 0.307 e. The van der Waals surface area contributed by atoms with Crippen molar-refractivity contribution in [2.45, 2.75) is 25.9 Å². The molecule has 1 atom stereocenters. The van der Waals surface area contributed by atoms with Gasteiger partial charge in [0.2, 0.25) is 5.88 Å². The predicted molar refractivity (Wildman–Crippen MR) is 141 cm³/mol. The third kappa shape index (κ3) is 5.52. The number of benzene rings is 3.